The number of aryl methyl sites for hydroxylation is 1. The Labute approximate surface area is 164 Å². The van der Waals surface area contributed by atoms with Gasteiger partial charge in [0.15, 0.2) is 5.69 Å². The lowest BCUT2D eigenvalue weighted by atomic mass is 10.2. The van der Waals surface area contributed by atoms with Crippen molar-refractivity contribution in [3.05, 3.63) is 80.9 Å². The molecule has 3 rings (SSSR count). The van der Waals surface area contributed by atoms with Gasteiger partial charge >= 0.3 is 5.97 Å². The van der Waals surface area contributed by atoms with E-state index in [1.54, 1.807) is 31.5 Å². The van der Waals surface area contributed by atoms with Crippen LogP contribution in [0.1, 0.15) is 23.0 Å². The van der Waals surface area contributed by atoms with Crippen LogP contribution in [0, 0.1) is 0 Å². The number of anilines is 2. The van der Waals surface area contributed by atoms with Gasteiger partial charge in [0.25, 0.3) is 5.56 Å². The fraction of sp³-hybridized carbons (Fsp3) is 0.158. The van der Waals surface area contributed by atoms with Crippen molar-refractivity contribution in [3.63, 3.8) is 0 Å². The molecular formula is C19H17BrN4O3. The molecule has 2 heterocycles. The van der Waals surface area contributed by atoms with Crippen LogP contribution in [-0.2, 0) is 17.9 Å². The van der Waals surface area contributed by atoms with E-state index in [9.17, 15) is 9.59 Å². The second kappa shape index (κ2) is 8.59. The van der Waals surface area contributed by atoms with Crippen LogP contribution in [0.15, 0.2) is 64.1 Å². The number of rotatable bonds is 6. The summed E-state index contributed by atoms with van der Waals surface area (Å²) in [5, 5.41) is 7.06. The van der Waals surface area contributed by atoms with Crippen molar-refractivity contribution >= 4 is 33.3 Å². The Morgan fingerprint density at radius 3 is 2.70 bits per heavy atom. The van der Waals surface area contributed by atoms with Crippen LogP contribution in [0.2, 0.25) is 0 Å². The summed E-state index contributed by atoms with van der Waals surface area (Å²) in [6, 6.07) is 12.4. The molecule has 0 saturated carbocycles. The van der Waals surface area contributed by atoms with Crippen molar-refractivity contribution in [3.8, 4) is 0 Å². The summed E-state index contributed by atoms with van der Waals surface area (Å²) in [7, 11) is 0. The predicted molar refractivity (Wildman–Crippen MR) is 105 cm³/mol. The van der Waals surface area contributed by atoms with Gasteiger partial charge in [0.1, 0.15) is 12.3 Å². The van der Waals surface area contributed by atoms with Crippen LogP contribution >= 0.6 is 15.9 Å². The lowest BCUT2D eigenvalue weighted by molar-refractivity contribution is 0.0462. The molecule has 0 unspecified atom stereocenters. The molecule has 8 heteroatoms. The van der Waals surface area contributed by atoms with E-state index in [1.807, 2.05) is 24.3 Å². The highest BCUT2D eigenvalue weighted by Crippen LogP contribution is 2.14. The van der Waals surface area contributed by atoms with Crippen molar-refractivity contribution in [1.29, 1.82) is 0 Å². The van der Waals surface area contributed by atoms with Gasteiger partial charge in [0, 0.05) is 23.3 Å². The Kier molecular flexibility index (Phi) is 5.97. The average Bonchev–Trinajstić information content (AvgIpc) is 2.69. The third-order valence-corrected chi connectivity index (χ3v) is 4.24. The van der Waals surface area contributed by atoms with Crippen molar-refractivity contribution in [2.24, 2.45) is 0 Å². The number of pyridine rings is 1. The van der Waals surface area contributed by atoms with Gasteiger partial charge in [-0.25, -0.2) is 9.48 Å². The molecule has 3 aromatic rings. The highest BCUT2D eigenvalue weighted by molar-refractivity contribution is 9.10. The molecule has 0 aliphatic heterocycles. The Morgan fingerprint density at radius 1 is 1.26 bits per heavy atom. The first-order valence-corrected chi connectivity index (χ1v) is 9.07. The SMILES string of the molecule is CCn1nc(C(=O)OCc2ccc(Br)cc2)cc(Nc2cccnc2)c1=O. The Balaban J connectivity index is 1.81. The minimum atomic E-state index is -0.602. The van der Waals surface area contributed by atoms with Crippen LogP contribution in [-0.4, -0.2) is 20.7 Å². The van der Waals surface area contributed by atoms with Gasteiger partial charge in [0.2, 0.25) is 0 Å². The first kappa shape index (κ1) is 18.8. The highest BCUT2D eigenvalue weighted by Gasteiger charge is 2.15. The second-order valence-corrected chi connectivity index (χ2v) is 6.55. The maximum atomic E-state index is 12.5. The minimum Gasteiger partial charge on any atom is -0.456 e. The first-order valence-electron chi connectivity index (χ1n) is 8.27. The molecule has 0 radical (unpaired) electrons. The molecule has 1 N–H and O–H groups in total. The number of ether oxygens (including phenoxy) is 1. The van der Waals surface area contributed by atoms with Crippen molar-refractivity contribution in [1.82, 2.24) is 14.8 Å². The van der Waals surface area contributed by atoms with Crippen LogP contribution in [0.5, 0.6) is 0 Å². The van der Waals surface area contributed by atoms with Crippen molar-refractivity contribution in [2.75, 3.05) is 5.32 Å². The van der Waals surface area contributed by atoms with Gasteiger partial charge in [-0.15, -0.1) is 0 Å². The number of carbonyl (C=O) groups excluding carboxylic acids is 1. The quantitative estimate of drug-likeness (QED) is 0.604. The van der Waals surface area contributed by atoms with Crippen LogP contribution in [0.3, 0.4) is 0 Å². The Morgan fingerprint density at radius 2 is 2.04 bits per heavy atom. The van der Waals surface area contributed by atoms with E-state index in [1.165, 1.54) is 10.7 Å². The van der Waals surface area contributed by atoms with Gasteiger partial charge < -0.3 is 10.1 Å². The topological polar surface area (TPSA) is 86.1 Å². The van der Waals surface area contributed by atoms with Gasteiger partial charge in [-0.1, -0.05) is 28.1 Å². The molecule has 0 spiro atoms. The average molecular weight is 429 g/mol. The van der Waals surface area contributed by atoms with Crippen LogP contribution in [0.25, 0.3) is 0 Å². The number of nitrogens with zero attached hydrogens (tertiary/aromatic N) is 3. The molecule has 0 saturated heterocycles. The van der Waals surface area contributed by atoms with Crippen LogP contribution in [0.4, 0.5) is 11.4 Å². The Hall–Kier alpha value is -3.00. The largest absolute Gasteiger partial charge is 0.456 e. The Bertz CT molecular complexity index is 988. The molecule has 0 bridgehead atoms. The molecule has 0 aliphatic carbocycles. The maximum absolute atomic E-state index is 12.5. The molecule has 0 fully saturated rings. The van der Waals surface area contributed by atoms with Crippen molar-refractivity contribution in [2.45, 2.75) is 20.1 Å². The summed E-state index contributed by atoms with van der Waals surface area (Å²) in [5.74, 6) is -0.602. The molecule has 27 heavy (non-hydrogen) atoms. The van der Waals surface area contributed by atoms with E-state index >= 15 is 0 Å². The van der Waals surface area contributed by atoms with Gasteiger partial charge in [-0.2, -0.15) is 5.10 Å². The number of esters is 1. The standard InChI is InChI=1S/C19H17BrN4O3/c1-2-24-18(25)16(22-15-4-3-9-21-11-15)10-17(23-24)19(26)27-12-13-5-7-14(20)8-6-13/h3-11,22H,2,12H2,1H3. The number of hydrogen-bond donors (Lipinski definition) is 1. The fourth-order valence-electron chi connectivity index (χ4n) is 2.34. The molecule has 0 aliphatic rings. The van der Waals surface area contributed by atoms with Gasteiger partial charge in [0.05, 0.1) is 11.9 Å². The molecular weight excluding hydrogens is 412 g/mol. The van der Waals surface area contributed by atoms with Crippen LogP contribution < -0.4 is 10.9 Å². The maximum Gasteiger partial charge on any atom is 0.359 e. The summed E-state index contributed by atoms with van der Waals surface area (Å²) in [5.41, 5.74) is 1.45. The zero-order valence-corrected chi connectivity index (χ0v) is 16.1. The zero-order valence-electron chi connectivity index (χ0n) is 14.6. The lowest BCUT2D eigenvalue weighted by Gasteiger charge is -2.11. The number of hydrogen-bond acceptors (Lipinski definition) is 6. The number of nitrogens with one attached hydrogen (secondary N) is 1. The molecule has 138 valence electrons. The van der Waals surface area contributed by atoms with Crippen molar-refractivity contribution < 1.29 is 9.53 Å². The number of aromatic nitrogens is 3. The summed E-state index contributed by atoms with van der Waals surface area (Å²) >= 11 is 3.36. The third-order valence-electron chi connectivity index (χ3n) is 3.71. The molecule has 0 atom stereocenters. The second-order valence-electron chi connectivity index (χ2n) is 5.63. The molecule has 1 aromatic carbocycles. The van der Waals surface area contributed by atoms with E-state index in [4.69, 9.17) is 4.74 Å². The molecule has 2 aromatic heterocycles. The zero-order chi connectivity index (χ0) is 19.2. The van der Waals surface area contributed by atoms with E-state index in [2.05, 4.69) is 31.3 Å². The number of halogens is 1. The summed E-state index contributed by atoms with van der Waals surface area (Å²) in [6.07, 6.45) is 3.22. The minimum absolute atomic E-state index is 0.0555. The predicted octanol–water partition coefficient (Wildman–Crippen LogP) is 3.52. The molecule has 7 nitrogen and oxygen atoms in total. The lowest BCUT2D eigenvalue weighted by Crippen LogP contribution is -2.27. The van der Waals surface area contributed by atoms with E-state index in [-0.39, 0.29) is 23.5 Å². The normalized spacial score (nSPS) is 10.4. The highest BCUT2D eigenvalue weighted by atomic mass is 79.9. The fourth-order valence-corrected chi connectivity index (χ4v) is 2.61. The number of benzene rings is 1. The monoisotopic (exact) mass is 428 g/mol. The smallest absolute Gasteiger partial charge is 0.359 e. The summed E-state index contributed by atoms with van der Waals surface area (Å²) < 4.78 is 7.49. The van der Waals surface area contributed by atoms with Gasteiger partial charge in [-0.3, -0.25) is 9.78 Å². The van der Waals surface area contributed by atoms with Gasteiger partial charge in [-0.05, 0) is 36.8 Å². The van der Waals surface area contributed by atoms with E-state index < -0.39 is 5.97 Å². The first-order chi connectivity index (χ1) is 13.1. The number of carbonyl (C=O) groups is 1. The summed E-state index contributed by atoms with van der Waals surface area (Å²) in [6.45, 7) is 2.22. The van der Waals surface area contributed by atoms with E-state index in [0.29, 0.717) is 12.2 Å². The third kappa shape index (κ3) is 4.79. The summed E-state index contributed by atoms with van der Waals surface area (Å²) in [4.78, 5) is 28.9. The molecule has 0 amide bonds. The van der Waals surface area contributed by atoms with E-state index in [0.717, 1.165) is 10.0 Å².